The number of imidazole rings is 1. The van der Waals surface area contributed by atoms with Crippen molar-refractivity contribution in [3.8, 4) is 11.6 Å². The Morgan fingerprint density at radius 3 is 2.75 bits per heavy atom. The molecular formula is C17H17N5O2. The van der Waals surface area contributed by atoms with Crippen LogP contribution in [0.4, 0.5) is 5.69 Å². The van der Waals surface area contributed by atoms with Gasteiger partial charge in [-0.1, -0.05) is 12.1 Å². The molecule has 3 N–H and O–H groups in total. The van der Waals surface area contributed by atoms with Gasteiger partial charge in [-0.2, -0.15) is 0 Å². The van der Waals surface area contributed by atoms with Crippen LogP contribution in [-0.2, 0) is 6.54 Å². The molecule has 0 saturated carbocycles. The fourth-order valence-corrected chi connectivity index (χ4v) is 2.29. The van der Waals surface area contributed by atoms with E-state index >= 15 is 0 Å². The van der Waals surface area contributed by atoms with E-state index < -0.39 is 5.91 Å². The van der Waals surface area contributed by atoms with Crippen molar-refractivity contribution in [2.45, 2.75) is 6.54 Å². The van der Waals surface area contributed by atoms with Crippen LogP contribution >= 0.6 is 0 Å². The van der Waals surface area contributed by atoms with Crippen LogP contribution in [0.3, 0.4) is 0 Å². The lowest BCUT2D eigenvalue weighted by atomic mass is 10.2. The molecule has 0 fully saturated rings. The molecule has 0 bridgehead atoms. The van der Waals surface area contributed by atoms with Crippen LogP contribution in [0.25, 0.3) is 5.69 Å². The first-order valence-electron chi connectivity index (χ1n) is 7.32. The first-order chi connectivity index (χ1) is 11.7. The zero-order valence-corrected chi connectivity index (χ0v) is 13.1. The average molecular weight is 323 g/mol. The summed E-state index contributed by atoms with van der Waals surface area (Å²) in [6.45, 7) is 0.594. The number of nitrogens with one attached hydrogen (secondary N) is 1. The Hall–Kier alpha value is -3.35. The molecule has 7 heteroatoms. The van der Waals surface area contributed by atoms with Crippen molar-refractivity contribution < 1.29 is 9.53 Å². The molecular weight excluding hydrogens is 306 g/mol. The number of nitrogens with zero attached hydrogens (tertiary/aromatic N) is 3. The van der Waals surface area contributed by atoms with Crippen molar-refractivity contribution >= 4 is 11.6 Å². The van der Waals surface area contributed by atoms with E-state index in [0.717, 1.165) is 11.3 Å². The molecule has 0 aliphatic rings. The van der Waals surface area contributed by atoms with Gasteiger partial charge in [0.05, 0.1) is 25.3 Å². The molecule has 3 aromatic rings. The van der Waals surface area contributed by atoms with Crippen LogP contribution in [-0.4, -0.2) is 27.6 Å². The Morgan fingerprint density at radius 1 is 1.33 bits per heavy atom. The lowest BCUT2D eigenvalue weighted by Gasteiger charge is -2.10. The number of methoxy groups -OCH3 is 1. The predicted octanol–water partition coefficient (Wildman–Crippen LogP) is 1.99. The summed E-state index contributed by atoms with van der Waals surface area (Å²) in [5.41, 5.74) is 8.41. The van der Waals surface area contributed by atoms with E-state index in [0.29, 0.717) is 12.2 Å². The molecule has 0 radical (unpaired) electrons. The normalized spacial score (nSPS) is 10.4. The van der Waals surface area contributed by atoms with Crippen LogP contribution in [0.2, 0.25) is 0 Å². The maximum absolute atomic E-state index is 11.4. The minimum atomic E-state index is -0.576. The number of nitrogens with two attached hydrogens (primary N) is 1. The quantitative estimate of drug-likeness (QED) is 0.723. The number of anilines is 1. The van der Waals surface area contributed by atoms with E-state index in [4.69, 9.17) is 10.5 Å². The monoisotopic (exact) mass is 323 g/mol. The van der Waals surface area contributed by atoms with Gasteiger partial charge in [-0.05, 0) is 23.8 Å². The van der Waals surface area contributed by atoms with Gasteiger partial charge in [0.2, 0.25) is 5.88 Å². The van der Waals surface area contributed by atoms with E-state index in [-0.39, 0.29) is 11.4 Å². The molecule has 0 aliphatic heterocycles. The highest BCUT2D eigenvalue weighted by atomic mass is 16.5. The number of hydrogen-bond acceptors (Lipinski definition) is 5. The van der Waals surface area contributed by atoms with Crippen molar-refractivity contribution in [3.05, 3.63) is 66.4 Å². The Kier molecular flexibility index (Phi) is 4.42. The number of pyridine rings is 1. The van der Waals surface area contributed by atoms with Crippen molar-refractivity contribution in [2.24, 2.45) is 5.73 Å². The number of hydrogen-bond donors (Lipinski definition) is 2. The highest BCUT2D eigenvalue weighted by Crippen LogP contribution is 2.19. The molecule has 0 unspecified atom stereocenters. The summed E-state index contributed by atoms with van der Waals surface area (Å²) >= 11 is 0. The van der Waals surface area contributed by atoms with Crippen LogP contribution in [0, 0.1) is 0 Å². The van der Waals surface area contributed by atoms with Crippen LogP contribution in [0.15, 0.2) is 55.2 Å². The van der Waals surface area contributed by atoms with Gasteiger partial charge < -0.3 is 20.4 Å². The molecule has 2 heterocycles. The Labute approximate surface area is 139 Å². The van der Waals surface area contributed by atoms with Crippen LogP contribution < -0.4 is 15.8 Å². The van der Waals surface area contributed by atoms with E-state index in [1.807, 2.05) is 35.0 Å². The summed E-state index contributed by atoms with van der Waals surface area (Å²) < 4.78 is 6.96. The summed E-state index contributed by atoms with van der Waals surface area (Å²) in [6.07, 6.45) is 6.98. The van der Waals surface area contributed by atoms with Crippen LogP contribution in [0.5, 0.6) is 5.88 Å². The molecule has 3 rings (SSSR count). The van der Waals surface area contributed by atoms with Gasteiger partial charge in [-0.3, -0.25) is 4.79 Å². The van der Waals surface area contributed by atoms with Crippen molar-refractivity contribution in [2.75, 3.05) is 12.4 Å². The Bertz CT molecular complexity index is 829. The minimum absolute atomic E-state index is 0.220. The number of carbonyl (C=O) groups is 1. The fourth-order valence-electron chi connectivity index (χ4n) is 2.29. The number of amides is 1. The second kappa shape index (κ2) is 6.82. The van der Waals surface area contributed by atoms with Gasteiger partial charge >= 0.3 is 0 Å². The molecule has 0 aliphatic carbocycles. The number of carbonyl (C=O) groups excluding carboxylic acids is 1. The molecule has 1 amide bonds. The molecule has 122 valence electrons. The Morgan fingerprint density at radius 2 is 2.12 bits per heavy atom. The molecule has 24 heavy (non-hydrogen) atoms. The zero-order valence-electron chi connectivity index (χ0n) is 13.1. The van der Waals surface area contributed by atoms with Crippen molar-refractivity contribution in [1.82, 2.24) is 14.5 Å². The fraction of sp³-hybridized carbons (Fsp3) is 0.118. The van der Waals surface area contributed by atoms with Crippen LogP contribution in [0.1, 0.15) is 15.9 Å². The number of benzene rings is 1. The van der Waals surface area contributed by atoms with E-state index in [2.05, 4.69) is 15.3 Å². The molecule has 0 atom stereocenters. The van der Waals surface area contributed by atoms with Gasteiger partial charge in [-0.25, -0.2) is 9.97 Å². The number of primary amides is 1. The third kappa shape index (κ3) is 3.35. The zero-order chi connectivity index (χ0) is 16.9. The van der Waals surface area contributed by atoms with Gasteiger partial charge in [-0.15, -0.1) is 0 Å². The molecule has 7 nitrogen and oxygen atoms in total. The minimum Gasteiger partial charge on any atom is -0.480 e. The molecule has 1 aromatic carbocycles. The molecule has 0 saturated heterocycles. The number of ether oxygens (including phenoxy) is 1. The highest BCUT2D eigenvalue weighted by Gasteiger charge is 2.11. The third-order valence-corrected chi connectivity index (χ3v) is 3.55. The summed E-state index contributed by atoms with van der Waals surface area (Å²) in [5.74, 6) is -0.356. The maximum atomic E-state index is 11.4. The standard InChI is InChI=1S/C17H17N5O2/c1-24-17-15(16(18)23)8-13(10-21-17)20-9-12-2-4-14(5-3-12)22-7-6-19-11-22/h2-8,10-11,20H,9H2,1H3,(H2,18,23). The summed E-state index contributed by atoms with van der Waals surface area (Å²) in [5, 5.41) is 3.22. The van der Waals surface area contributed by atoms with E-state index in [9.17, 15) is 4.79 Å². The average Bonchev–Trinajstić information content (AvgIpc) is 3.14. The van der Waals surface area contributed by atoms with Crippen molar-refractivity contribution in [1.29, 1.82) is 0 Å². The van der Waals surface area contributed by atoms with Gasteiger partial charge in [0, 0.05) is 24.6 Å². The van der Waals surface area contributed by atoms with E-state index in [1.54, 1.807) is 24.8 Å². The molecule has 0 spiro atoms. The van der Waals surface area contributed by atoms with Gasteiger partial charge in [0.15, 0.2) is 0 Å². The topological polar surface area (TPSA) is 95.1 Å². The first kappa shape index (κ1) is 15.5. The maximum Gasteiger partial charge on any atom is 0.254 e. The first-order valence-corrected chi connectivity index (χ1v) is 7.32. The lowest BCUT2D eigenvalue weighted by molar-refractivity contribution is 0.0996. The van der Waals surface area contributed by atoms with E-state index in [1.165, 1.54) is 7.11 Å². The Balaban J connectivity index is 1.69. The van der Waals surface area contributed by atoms with Crippen molar-refractivity contribution in [3.63, 3.8) is 0 Å². The largest absolute Gasteiger partial charge is 0.480 e. The summed E-state index contributed by atoms with van der Waals surface area (Å²) in [6, 6.07) is 9.70. The summed E-state index contributed by atoms with van der Waals surface area (Å²) in [7, 11) is 1.45. The summed E-state index contributed by atoms with van der Waals surface area (Å²) in [4.78, 5) is 19.5. The second-order valence-electron chi connectivity index (χ2n) is 5.14. The third-order valence-electron chi connectivity index (χ3n) is 3.55. The van der Waals surface area contributed by atoms with Gasteiger partial charge in [0.25, 0.3) is 5.91 Å². The molecule has 2 aromatic heterocycles. The van der Waals surface area contributed by atoms with Gasteiger partial charge in [0.1, 0.15) is 5.56 Å². The number of rotatable bonds is 6. The SMILES string of the molecule is COc1ncc(NCc2ccc(-n3ccnc3)cc2)cc1C(N)=O. The number of aromatic nitrogens is 3. The smallest absolute Gasteiger partial charge is 0.254 e. The second-order valence-corrected chi connectivity index (χ2v) is 5.14. The predicted molar refractivity (Wildman–Crippen MR) is 90.2 cm³/mol. The lowest BCUT2D eigenvalue weighted by Crippen LogP contribution is -2.14. The highest BCUT2D eigenvalue weighted by molar-refractivity contribution is 5.95.